The van der Waals surface area contributed by atoms with Gasteiger partial charge in [-0.1, -0.05) is 0 Å². The minimum Gasteiger partial charge on any atom is -0.493 e. The summed E-state index contributed by atoms with van der Waals surface area (Å²) in [6.07, 6.45) is 4.04. The zero-order valence-electron chi connectivity index (χ0n) is 19.7. The van der Waals surface area contributed by atoms with Crippen LogP contribution in [0.2, 0.25) is 0 Å². The van der Waals surface area contributed by atoms with Gasteiger partial charge in [0.05, 0.1) is 37.5 Å². The Morgan fingerprint density at radius 3 is 2.34 bits per heavy atom. The average molecular weight is 481 g/mol. The molecule has 4 rings (SSSR count). The molecule has 2 aliphatic rings. The lowest BCUT2D eigenvalue weighted by atomic mass is 10.1. The van der Waals surface area contributed by atoms with Gasteiger partial charge in [-0.05, 0) is 75.1 Å². The first-order valence-corrected chi connectivity index (χ1v) is 11.7. The summed E-state index contributed by atoms with van der Waals surface area (Å²) in [5, 5.41) is 2.66. The lowest BCUT2D eigenvalue weighted by Crippen LogP contribution is -2.41. The van der Waals surface area contributed by atoms with Crippen LogP contribution in [0, 0.1) is 0 Å². The van der Waals surface area contributed by atoms with Crippen LogP contribution >= 0.6 is 0 Å². The summed E-state index contributed by atoms with van der Waals surface area (Å²) in [6.45, 7) is 1.95. The van der Waals surface area contributed by atoms with Gasteiger partial charge < -0.3 is 19.5 Å². The third-order valence-electron chi connectivity index (χ3n) is 6.11. The van der Waals surface area contributed by atoms with Gasteiger partial charge in [-0.25, -0.2) is 9.69 Å². The van der Waals surface area contributed by atoms with Crippen molar-refractivity contribution < 1.29 is 33.4 Å². The maximum absolute atomic E-state index is 13.0. The molecule has 0 radical (unpaired) electrons. The molecule has 2 aromatic rings. The Hall–Kier alpha value is -3.88. The number of amides is 3. The predicted octanol–water partition coefficient (Wildman–Crippen LogP) is 3.26. The number of benzene rings is 2. The largest absolute Gasteiger partial charge is 0.493 e. The molecule has 3 amide bonds. The van der Waals surface area contributed by atoms with E-state index in [1.54, 1.807) is 25.1 Å². The number of methoxy groups -OCH3 is 1. The normalized spacial score (nSPS) is 18.0. The minimum absolute atomic E-state index is 0.0833. The number of nitrogens with zero attached hydrogens (tertiary/aromatic N) is 1. The van der Waals surface area contributed by atoms with Crippen LogP contribution in [-0.2, 0) is 14.3 Å². The number of imide groups is 1. The first kappa shape index (κ1) is 24.3. The molecule has 0 spiro atoms. The van der Waals surface area contributed by atoms with Gasteiger partial charge in [-0.3, -0.25) is 14.4 Å². The summed E-state index contributed by atoms with van der Waals surface area (Å²) >= 11 is 0. The smallest absolute Gasteiger partial charge is 0.338 e. The fraction of sp³-hybridized carbons (Fsp3) is 0.385. The van der Waals surface area contributed by atoms with E-state index < -0.39 is 29.7 Å². The molecule has 9 nitrogen and oxygen atoms in total. The minimum atomic E-state index is -0.999. The predicted molar refractivity (Wildman–Crippen MR) is 127 cm³/mol. The number of rotatable bonds is 8. The topological polar surface area (TPSA) is 111 Å². The third kappa shape index (κ3) is 5.29. The van der Waals surface area contributed by atoms with Gasteiger partial charge in [0.25, 0.3) is 11.8 Å². The van der Waals surface area contributed by atoms with E-state index >= 15 is 0 Å². The highest BCUT2D eigenvalue weighted by atomic mass is 16.5. The zero-order chi connectivity index (χ0) is 24.9. The Morgan fingerprint density at radius 2 is 1.69 bits per heavy atom. The van der Waals surface area contributed by atoms with Crippen molar-refractivity contribution in [2.24, 2.45) is 0 Å². The molecule has 184 valence electrons. The molecule has 1 atom stereocenters. The van der Waals surface area contributed by atoms with E-state index in [2.05, 4.69) is 5.32 Å². The Bertz CT molecular complexity index is 1120. The number of ether oxygens (including phenoxy) is 3. The van der Waals surface area contributed by atoms with Crippen LogP contribution in [0.5, 0.6) is 11.5 Å². The quantitative estimate of drug-likeness (QED) is 0.456. The summed E-state index contributed by atoms with van der Waals surface area (Å²) in [6, 6.07) is 9.82. The highest BCUT2D eigenvalue weighted by Gasteiger charge is 2.40. The van der Waals surface area contributed by atoms with Gasteiger partial charge in [-0.2, -0.15) is 0 Å². The SMILES string of the molecule is CCOC(=O)c1ccc(N2C(=O)CC(NC(=O)c3ccc(OC)c(OC4CCCC4)c3)C2=O)cc1. The van der Waals surface area contributed by atoms with Crippen LogP contribution in [0.3, 0.4) is 0 Å². The monoisotopic (exact) mass is 480 g/mol. The van der Waals surface area contributed by atoms with E-state index in [0.717, 1.165) is 30.6 Å². The molecule has 1 heterocycles. The molecule has 9 heteroatoms. The second kappa shape index (κ2) is 10.6. The van der Waals surface area contributed by atoms with Gasteiger partial charge in [0.15, 0.2) is 11.5 Å². The summed E-state index contributed by atoms with van der Waals surface area (Å²) in [5.41, 5.74) is 0.937. The van der Waals surface area contributed by atoms with Crippen molar-refractivity contribution in [1.82, 2.24) is 5.32 Å². The van der Waals surface area contributed by atoms with Crippen LogP contribution in [0.25, 0.3) is 0 Å². The number of esters is 1. The first-order valence-electron chi connectivity index (χ1n) is 11.7. The van der Waals surface area contributed by atoms with Crippen molar-refractivity contribution >= 4 is 29.4 Å². The van der Waals surface area contributed by atoms with Crippen LogP contribution in [0.4, 0.5) is 5.69 Å². The molecular weight excluding hydrogens is 452 g/mol. The molecule has 1 unspecified atom stereocenters. The maximum Gasteiger partial charge on any atom is 0.338 e. The number of nitrogens with one attached hydrogen (secondary N) is 1. The van der Waals surface area contributed by atoms with E-state index in [9.17, 15) is 19.2 Å². The second-order valence-corrected chi connectivity index (χ2v) is 8.45. The standard InChI is InChI=1S/C26H28N2O7/c1-3-34-26(32)16-8-11-18(12-9-16)28-23(29)15-20(25(28)31)27-24(30)17-10-13-21(33-2)22(14-17)35-19-6-4-5-7-19/h8-14,19-20H,3-7,15H2,1-2H3,(H,27,30). The van der Waals surface area contributed by atoms with Gasteiger partial charge in [0, 0.05) is 5.56 Å². The summed E-state index contributed by atoms with van der Waals surface area (Å²) < 4.78 is 16.4. The van der Waals surface area contributed by atoms with E-state index in [1.165, 1.54) is 31.4 Å². The summed E-state index contributed by atoms with van der Waals surface area (Å²) in [5.74, 6) is -0.955. The van der Waals surface area contributed by atoms with Crippen molar-refractivity contribution in [3.63, 3.8) is 0 Å². The molecule has 35 heavy (non-hydrogen) atoms. The van der Waals surface area contributed by atoms with E-state index in [4.69, 9.17) is 14.2 Å². The molecule has 1 aliphatic heterocycles. The fourth-order valence-electron chi connectivity index (χ4n) is 4.31. The molecular formula is C26H28N2O7. The van der Waals surface area contributed by atoms with E-state index in [1.807, 2.05) is 0 Å². The lowest BCUT2D eigenvalue weighted by molar-refractivity contribution is -0.121. The number of hydrogen-bond donors (Lipinski definition) is 1. The van der Waals surface area contributed by atoms with Gasteiger partial charge in [-0.15, -0.1) is 0 Å². The molecule has 2 aromatic carbocycles. The van der Waals surface area contributed by atoms with Crippen LogP contribution in [-0.4, -0.2) is 49.6 Å². The molecule has 1 aliphatic carbocycles. The molecule has 1 saturated carbocycles. The zero-order valence-corrected chi connectivity index (χ0v) is 19.7. The summed E-state index contributed by atoms with van der Waals surface area (Å²) in [4.78, 5) is 51.3. The van der Waals surface area contributed by atoms with Crippen molar-refractivity contribution in [1.29, 1.82) is 0 Å². The Balaban J connectivity index is 1.45. The Labute approximate surface area is 203 Å². The number of carbonyl (C=O) groups excluding carboxylic acids is 4. The Morgan fingerprint density at radius 1 is 1.00 bits per heavy atom. The highest BCUT2D eigenvalue weighted by molar-refractivity contribution is 6.23. The van der Waals surface area contributed by atoms with Crippen molar-refractivity contribution in [2.75, 3.05) is 18.6 Å². The van der Waals surface area contributed by atoms with E-state index in [0.29, 0.717) is 28.3 Å². The van der Waals surface area contributed by atoms with Gasteiger partial charge in [0.2, 0.25) is 5.91 Å². The molecule has 1 N–H and O–H groups in total. The number of hydrogen-bond acceptors (Lipinski definition) is 7. The Kier molecular flexibility index (Phi) is 7.33. The number of carbonyl (C=O) groups is 4. The first-order chi connectivity index (χ1) is 16.9. The summed E-state index contributed by atoms with van der Waals surface area (Å²) in [7, 11) is 1.53. The van der Waals surface area contributed by atoms with E-state index in [-0.39, 0.29) is 19.1 Å². The van der Waals surface area contributed by atoms with Crippen LogP contribution in [0.15, 0.2) is 42.5 Å². The van der Waals surface area contributed by atoms with Crippen molar-refractivity contribution in [2.45, 2.75) is 51.2 Å². The van der Waals surface area contributed by atoms with Crippen molar-refractivity contribution in [3.8, 4) is 11.5 Å². The lowest BCUT2D eigenvalue weighted by Gasteiger charge is -2.18. The van der Waals surface area contributed by atoms with Crippen LogP contribution < -0.4 is 19.7 Å². The highest BCUT2D eigenvalue weighted by Crippen LogP contribution is 2.32. The van der Waals surface area contributed by atoms with Gasteiger partial charge in [0.1, 0.15) is 6.04 Å². The number of anilines is 1. The third-order valence-corrected chi connectivity index (χ3v) is 6.11. The van der Waals surface area contributed by atoms with Gasteiger partial charge >= 0.3 is 5.97 Å². The fourth-order valence-corrected chi connectivity index (χ4v) is 4.31. The molecule has 1 saturated heterocycles. The second-order valence-electron chi connectivity index (χ2n) is 8.45. The maximum atomic E-state index is 13.0. The van der Waals surface area contributed by atoms with Crippen molar-refractivity contribution in [3.05, 3.63) is 53.6 Å². The molecule has 0 aromatic heterocycles. The average Bonchev–Trinajstić information content (AvgIpc) is 3.46. The molecule has 0 bridgehead atoms. The van der Waals surface area contributed by atoms with Crippen LogP contribution in [0.1, 0.15) is 59.7 Å². The molecule has 2 fully saturated rings.